The Balaban J connectivity index is 0.00000169. The highest BCUT2D eigenvalue weighted by molar-refractivity contribution is 5.85. The van der Waals surface area contributed by atoms with Crippen molar-refractivity contribution in [1.82, 2.24) is 29.8 Å². The summed E-state index contributed by atoms with van der Waals surface area (Å²) < 4.78 is 1.92. The van der Waals surface area contributed by atoms with E-state index in [1.165, 1.54) is 32.5 Å². The Labute approximate surface area is 148 Å². The van der Waals surface area contributed by atoms with Crippen LogP contribution in [0.5, 0.6) is 0 Å². The topological polar surface area (TPSA) is 61.6 Å². The molecule has 0 aliphatic carbocycles. The molecule has 0 radical (unpaired) electrons. The number of hydrogen-bond donors (Lipinski definition) is 1. The lowest BCUT2D eigenvalue weighted by Gasteiger charge is -2.38. The first-order chi connectivity index (χ1) is 11.3. The minimum absolute atomic E-state index is 0. The molecule has 0 atom stereocenters. The highest BCUT2D eigenvalue weighted by Gasteiger charge is 2.23. The van der Waals surface area contributed by atoms with Crippen LogP contribution in [0, 0.1) is 12.8 Å². The minimum atomic E-state index is 0. The normalized spacial score (nSPS) is 20.3. The van der Waals surface area contributed by atoms with Crippen molar-refractivity contribution in [2.45, 2.75) is 19.8 Å². The van der Waals surface area contributed by atoms with Gasteiger partial charge in [-0.1, -0.05) is 0 Å². The fourth-order valence-corrected chi connectivity index (χ4v) is 3.71. The number of piperidine rings is 1. The zero-order chi connectivity index (χ0) is 15.6. The average Bonchev–Trinajstić information content (AvgIpc) is 2.97. The summed E-state index contributed by atoms with van der Waals surface area (Å²) in [5.41, 5.74) is 0.831. The van der Waals surface area contributed by atoms with E-state index in [2.05, 4.69) is 30.2 Å². The number of aryl methyl sites for hydroxylation is 1. The minimum Gasteiger partial charge on any atom is -0.353 e. The van der Waals surface area contributed by atoms with Crippen molar-refractivity contribution in [2.75, 3.05) is 50.7 Å². The summed E-state index contributed by atoms with van der Waals surface area (Å²) >= 11 is 0. The molecule has 8 heteroatoms. The molecule has 2 aromatic heterocycles. The molecule has 132 valence electrons. The number of rotatable bonds is 3. The van der Waals surface area contributed by atoms with Crippen molar-refractivity contribution in [3.63, 3.8) is 0 Å². The van der Waals surface area contributed by atoms with Gasteiger partial charge < -0.3 is 10.2 Å². The zero-order valence-electron chi connectivity index (χ0n) is 14.2. The number of fused-ring (bicyclic) bond motifs is 1. The molecule has 0 spiro atoms. The molecule has 2 aliphatic heterocycles. The maximum absolute atomic E-state index is 4.50. The van der Waals surface area contributed by atoms with Crippen LogP contribution in [0.15, 0.2) is 12.4 Å². The molecular formula is C16H26ClN7. The van der Waals surface area contributed by atoms with E-state index in [-0.39, 0.29) is 12.4 Å². The van der Waals surface area contributed by atoms with Crippen molar-refractivity contribution in [2.24, 2.45) is 5.92 Å². The summed E-state index contributed by atoms with van der Waals surface area (Å²) in [5.74, 6) is 2.72. The molecule has 0 unspecified atom stereocenters. The van der Waals surface area contributed by atoms with Crippen LogP contribution in [-0.4, -0.2) is 70.3 Å². The van der Waals surface area contributed by atoms with Gasteiger partial charge >= 0.3 is 0 Å². The van der Waals surface area contributed by atoms with Crippen LogP contribution in [0.3, 0.4) is 0 Å². The van der Waals surface area contributed by atoms with Gasteiger partial charge in [0.1, 0.15) is 5.82 Å². The lowest BCUT2D eigenvalue weighted by Crippen LogP contribution is -2.49. The second kappa shape index (κ2) is 7.63. The lowest BCUT2D eigenvalue weighted by molar-refractivity contribution is 0.196. The van der Waals surface area contributed by atoms with Crippen LogP contribution in [0.25, 0.3) is 5.65 Å². The van der Waals surface area contributed by atoms with Gasteiger partial charge in [-0.2, -0.15) is 4.52 Å². The number of halogens is 1. The lowest BCUT2D eigenvalue weighted by atomic mass is 9.97. The Morgan fingerprint density at radius 2 is 1.88 bits per heavy atom. The Morgan fingerprint density at radius 1 is 1.12 bits per heavy atom. The third-order valence-corrected chi connectivity index (χ3v) is 5.01. The summed E-state index contributed by atoms with van der Waals surface area (Å²) in [6.45, 7) is 9.85. The molecule has 7 nitrogen and oxygen atoms in total. The van der Waals surface area contributed by atoms with Crippen LogP contribution in [0.2, 0.25) is 0 Å². The maximum Gasteiger partial charge on any atom is 0.176 e. The molecule has 2 aliphatic rings. The summed E-state index contributed by atoms with van der Waals surface area (Å²) in [4.78, 5) is 13.7. The van der Waals surface area contributed by atoms with E-state index in [0.717, 1.165) is 49.4 Å². The van der Waals surface area contributed by atoms with E-state index in [4.69, 9.17) is 0 Å². The van der Waals surface area contributed by atoms with Gasteiger partial charge in [0.15, 0.2) is 11.5 Å². The summed E-state index contributed by atoms with van der Waals surface area (Å²) in [5, 5.41) is 7.95. The van der Waals surface area contributed by atoms with Gasteiger partial charge in [-0.05, 0) is 38.8 Å². The first kappa shape index (κ1) is 17.4. The van der Waals surface area contributed by atoms with Crippen LogP contribution in [0.1, 0.15) is 18.7 Å². The molecule has 2 saturated heterocycles. The SMILES string of the molecule is Cc1nc2cncc(N3CCN(CC4CCNCC4)CC3)n2n1.Cl. The maximum atomic E-state index is 4.50. The van der Waals surface area contributed by atoms with Gasteiger partial charge in [0.2, 0.25) is 0 Å². The van der Waals surface area contributed by atoms with Gasteiger partial charge in [-0.15, -0.1) is 17.5 Å². The molecule has 4 rings (SSSR count). The third kappa shape index (κ3) is 3.63. The van der Waals surface area contributed by atoms with E-state index in [9.17, 15) is 0 Å². The monoisotopic (exact) mass is 351 g/mol. The van der Waals surface area contributed by atoms with Gasteiger partial charge in [0.25, 0.3) is 0 Å². The quantitative estimate of drug-likeness (QED) is 0.889. The van der Waals surface area contributed by atoms with Crippen LogP contribution >= 0.6 is 12.4 Å². The molecule has 2 fully saturated rings. The average molecular weight is 352 g/mol. The van der Waals surface area contributed by atoms with E-state index in [1.807, 2.05) is 17.6 Å². The summed E-state index contributed by atoms with van der Waals surface area (Å²) in [7, 11) is 0. The molecular weight excluding hydrogens is 326 g/mol. The molecule has 0 saturated carbocycles. The molecule has 0 bridgehead atoms. The van der Waals surface area contributed by atoms with Crippen LogP contribution in [0.4, 0.5) is 5.82 Å². The highest BCUT2D eigenvalue weighted by Crippen LogP contribution is 2.19. The number of nitrogens with one attached hydrogen (secondary N) is 1. The Bertz CT molecular complexity index is 659. The van der Waals surface area contributed by atoms with Crippen LogP contribution in [-0.2, 0) is 0 Å². The van der Waals surface area contributed by atoms with Crippen LogP contribution < -0.4 is 10.2 Å². The number of piperazine rings is 1. The summed E-state index contributed by atoms with van der Waals surface area (Å²) in [6, 6.07) is 0. The van der Waals surface area contributed by atoms with E-state index < -0.39 is 0 Å². The fraction of sp³-hybridized carbons (Fsp3) is 0.688. The molecule has 24 heavy (non-hydrogen) atoms. The fourth-order valence-electron chi connectivity index (χ4n) is 3.71. The summed E-state index contributed by atoms with van der Waals surface area (Å²) in [6.07, 6.45) is 6.32. The van der Waals surface area contributed by atoms with Crippen molar-refractivity contribution in [3.05, 3.63) is 18.2 Å². The van der Waals surface area contributed by atoms with Crippen molar-refractivity contribution in [3.8, 4) is 0 Å². The predicted molar refractivity (Wildman–Crippen MR) is 97.0 cm³/mol. The molecule has 1 N–H and O–H groups in total. The molecule has 2 aromatic rings. The number of aromatic nitrogens is 4. The number of hydrogen-bond acceptors (Lipinski definition) is 6. The van der Waals surface area contributed by atoms with Crippen molar-refractivity contribution < 1.29 is 0 Å². The number of anilines is 1. The van der Waals surface area contributed by atoms with Crippen molar-refractivity contribution in [1.29, 1.82) is 0 Å². The third-order valence-electron chi connectivity index (χ3n) is 5.01. The molecule has 0 aromatic carbocycles. The largest absolute Gasteiger partial charge is 0.353 e. The standard InChI is InChI=1S/C16H25N7.ClH/c1-13-19-15-10-18-11-16(23(15)20-13)22-8-6-21(7-9-22)12-14-2-4-17-5-3-14;/h10-11,14,17H,2-9,12H2,1H3;1H. The Kier molecular flexibility index (Phi) is 5.53. The van der Waals surface area contributed by atoms with Crippen molar-refractivity contribution >= 4 is 23.9 Å². The smallest absolute Gasteiger partial charge is 0.176 e. The Morgan fingerprint density at radius 3 is 2.62 bits per heavy atom. The first-order valence-corrected chi connectivity index (χ1v) is 8.65. The van der Waals surface area contributed by atoms with Gasteiger partial charge in [-0.25, -0.2) is 4.98 Å². The van der Waals surface area contributed by atoms with E-state index >= 15 is 0 Å². The van der Waals surface area contributed by atoms with Gasteiger partial charge in [0.05, 0.1) is 12.4 Å². The second-order valence-electron chi connectivity index (χ2n) is 6.68. The molecule has 0 amide bonds. The van der Waals surface area contributed by atoms with E-state index in [0.29, 0.717) is 0 Å². The zero-order valence-corrected chi connectivity index (χ0v) is 15.0. The Hall–Kier alpha value is -1.44. The van der Waals surface area contributed by atoms with Gasteiger partial charge in [-0.3, -0.25) is 9.88 Å². The first-order valence-electron chi connectivity index (χ1n) is 8.65. The predicted octanol–water partition coefficient (Wildman–Crippen LogP) is 0.976. The highest BCUT2D eigenvalue weighted by atomic mass is 35.5. The molecule has 4 heterocycles. The number of nitrogens with zero attached hydrogens (tertiary/aromatic N) is 6. The van der Waals surface area contributed by atoms with E-state index in [1.54, 1.807) is 6.20 Å². The second-order valence-corrected chi connectivity index (χ2v) is 6.68. The van der Waals surface area contributed by atoms with Gasteiger partial charge in [0, 0.05) is 32.7 Å².